The van der Waals surface area contributed by atoms with Gasteiger partial charge in [-0.15, -0.1) is 0 Å². The molecule has 0 aromatic heterocycles. The Labute approximate surface area is 176 Å². The van der Waals surface area contributed by atoms with E-state index in [1.807, 2.05) is 11.9 Å². The molecule has 6 nitrogen and oxygen atoms in total. The van der Waals surface area contributed by atoms with Crippen LogP contribution < -0.4 is 15.1 Å². The Kier molecular flexibility index (Phi) is 6.02. The van der Waals surface area contributed by atoms with Gasteiger partial charge in [0.2, 0.25) is 0 Å². The molecule has 2 aliphatic heterocycles. The molecule has 152 valence electrons. The molecule has 2 aromatic rings. The normalized spacial score (nSPS) is 17.7. The van der Waals surface area contributed by atoms with Gasteiger partial charge in [0.25, 0.3) is 0 Å². The highest BCUT2D eigenvalue weighted by atomic mass is 35.5. The Morgan fingerprint density at radius 2 is 1.72 bits per heavy atom. The van der Waals surface area contributed by atoms with Crippen molar-refractivity contribution < 1.29 is 4.79 Å². The molecule has 2 aromatic carbocycles. The lowest BCUT2D eigenvalue weighted by Crippen LogP contribution is -2.43. The van der Waals surface area contributed by atoms with E-state index in [1.165, 1.54) is 5.69 Å². The molecular weight excluding hydrogens is 386 g/mol. The molecule has 0 amide bonds. The van der Waals surface area contributed by atoms with Gasteiger partial charge in [-0.05, 0) is 55.0 Å². The lowest BCUT2D eigenvalue weighted by atomic mass is 10.0. The van der Waals surface area contributed by atoms with Gasteiger partial charge in [0.1, 0.15) is 19.0 Å². The lowest BCUT2D eigenvalue weighted by Gasteiger charge is -2.30. The van der Waals surface area contributed by atoms with Crippen LogP contribution in [-0.4, -0.2) is 56.0 Å². The fraction of sp³-hybridized carbons (Fsp3) is 0.364. The number of rotatable bonds is 6. The van der Waals surface area contributed by atoms with E-state index in [4.69, 9.17) is 11.6 Å². The Morgan fingerprint density at radius 3 is 2.38 bits per heavy atom. The number of benzene rings is 2. The van der Waals surface area contributed by atoms with Gasteiger partial charge in [0.15, 0.2) is 5.78 Å². The summed E-state index contributed by atoms with van der Waals surface area (Å²) >= 11 is 5.95. The predicted octanol–water partition coefficient (Wildman–Crippen LogP) is 3.43. The van der Waals surface area contributed by atoms with Crippen molar-refractivity contribution in [3.63, 3.8) is 0 Å². The molecular formula is C22H26ClN5O. The van der Waals surface area contributed by atoms with Gasteiger partial charge in [-0.25, -0.2) is 0 Å². The first kappa shape index (κ1) is 19.7. The Morgan fingerprint density at radius 1 is 1.07 bits per heavy atom. The highest BCUT2D eigenvalue weighted by molar-refractivity contribution is 6.30. The van der Waals surface area contributed by atoms with Gasteiger partial charge >= 0.3 is 0 Å². The van der Waals surface area contributed by atoms with Crippen molar-refractivity contribution in [3.8, 4) is 0 Å². The summed E-state index contributed by atoms with van der Waals surface area (Å²) in [6.07, 6.45) is 2.49. The first-order valence-corrected chi connectivity index (χ1v) is 10.5. The third-order valence-electron chi connectivity index (χ3n) is 5.48. The Balaban J connectivity index is 1.41. The van der Waals surface area contributed by atoms with Gasteiger partial charge in [-0.1, -0.05) is 18.5 Å². The van der Waals surface area contributed by atoms with Crippen LogP contribution in [0, 0.1) is 0 Å². The number of hydrogen-bond donors (Lipinski definition) is 1. The second-order valence-corrected chi connectivity index (χ2v) is 7.77. The average molecular weight is 412 g/mol. The molecule has 0 radical (unpaired) electrons. The van der Waals surface area contributed by atoms with Crippen molar-refractivity contribution in [2.24, 2.45) is 5.10 Å². The van der Waals surface area contributed by atoms with Crippen molar-refractivity contribution in [3.05, 3.63) is 59.1 Å². The topological polar surface area (TPSA) is 51.2 Å². The fourth-order valence-corrected chi connectivity index (χ4v) is 3.93. The molecule has 0 spiro atoms. The molecule has 1 N–H and O–H groups in total. The second kappa shape index (κ2) is 8.84. The molecule has 0 bridgehead atoms. The minimum Gasteiger partial charge on any atom is -0.369 e. The van der Waals surface area contributed by atoms with E-state index in [-0.39, 0.29) is 11.8 Å². The van der Waals surface area contributed by atoms with Gasteiger partial charge in [-0.3, -0.25) is 9.80 Å². The molecule has 1 fully saturated rings. The third kappa shape index (κ3) is 4.38. The van der Waals surface area contributed by atoms with Gasteiger partial charge in [-0.2, -0.15) is 5.10 Å². The van der Waals surface area contributed by atoms with Crippen LogP contribution in [0.4, 0.5) is 11.4 Å². The van der Waals surface area contributed by atoms with E-state index in [9.17, 15) is 4.79 Å². The minimum atomic E-state index is -0.294. The third-order valence-corrected chi connectivity index (χ3v) is 5.73. The number of carbonyl (C=O) groups is 1. The molecule has 1 unspecified atom stereocenters. The number of piperazine rings is 1. The molecule has 1 saturated heterocycles. The van der Waals surface area contributed by atoms with Crippen LogP contribution in [0.2, 0.25) is 5.02 Å². The van der Waals surface area contributed by atoms with Crippen LogP contribution >= 0.6 is 11.6 Å². The molecule has 29 heavy (non-hydrogen) atoms. The average Bonchev–Trinajstić information content (AvgIpc) is 3.25. The van der Waals surface area contributed by atoms with Crippen LogP contribution in [0.25, 0.3) is 0 Å². The lowest BCUT2D eigenvalue weighted by molar-refractivity contribution is 0.0832. The number of anilines is 2. The summed E-state index contributed by atoms with van der Waals surface area (Å²) in [6, 6.07) is 15.3. The van der Waals surface area contributed by atoms with E-state index in [2.05, 4.69) is 44.5 Å². The van der Waals surface area contributed by atoms with E-state index < -0.39 is 0 Å². The van der Waals surface area contributed by atoms with Crippen LogP contribution in [0.5, 0.6) is 0 Å². The first-order valence-electron chi connectivity index (χ1n) is 10.1. The van der Waals surface area contributed by atoms with Crippen LogP contribution in [0.1, 0.15) is 23.7 Å². The van der Waals surface area contributed by atoms with Crippen molar-refractivity contribution in [1.29, 1.82) is 0 Å². The number of halogens is 1. The molecule has 2 heterocycles. The number of ketones is 1. The van der Waals surface area contributed by atoms with E-state index in [0.717, 1.165) is 31.9 Å². The minimum absolute atomic E-state index is 0.0669. The maximum Gasteiger partial charge on any atom is 0.186 e. The monoisotopic (exact) mass is 411 g/mol. The summed E-state index contributed by atoms with van der Waals surface area (Å²) in [5, 5.41) is 10.4. The van der Waals surface area contributed by atoms with Gasteiger partial charge in [0, 0.05) is 48.1 Å². The van der Waals surface area contributed by atoms with Crippen LogP contribution in [-0.2, 0) is 0 Å². The Hall–Kier alpha value is -2.57. The number of hydrazone groups is 1. The first-order chi connectivity index (χ1) is 14.2. The van der Waals surface area contributed by atoms with Crippen molar-refractivity contribution in [1.82, 2.24) is 10.3 Å². The summed E-state index contributed by atoms with van der Waals surface area (Å²) in [5.41, 5.74) is 2.98. The highest BCUT2D eigenvalue weighted by Crippen LogP contribution is 2.24. The predicted molar refractivity (Wildman–Crippen MR) is 119 cm³/mol. The van der Waals surface area contributed by atoms with Gasteiger partial charge in [0.05, 0.1) is 0 Å². The summed E-state index contributed by atoms with van der Waals surface area (Å²) in [7, 11) is 0. The zero-order valence-corrected chi connectivity index (χ0v) is 17.3. The van der Waals surface area contributed by atoms with Crippen LogP contribution in [0.3, 0.4) is 0 Å². The van der Waals surface area contributed by atoms with Gasteiger partial charge < -0.3 is 15.1 Å². The molecule has 4 rings (SSSR count). The van der Waals surface area contributed by atoms with Crippen molar-refractivity contribution in [2.75, 3.05) is 42.6 Å². The van der Waals surface area contributed by atoms with Crippen molar-refractivity contribution in [2.45, 2.75) is 19.4 Å². The smallest absolute Gasteiger partial charge is 0.186 e. The summed E-state index contributed by atoms with van der Waals surface area (Å²) in [4.78, 5) is 17.4. The molecule has 0 aliphatic carbocycles. The zero-order chi connectivity index (χ0) is 20.2. The molecule has 2 aliphatic rings. The molecule has 7 heteroatoms. The SMILES string of the molecule is CCC(C(=O)c1ccc(Cl)cc1)N1CN(c2ccc(N3CCNCC3)cc2)C=N1. The highest BCUT2D eigenvalue weighted by Gasteiger charge is 2.28. The largest absolute Gasteiger partial charge is 0.369 e. The summed E-state index contributed by atoms with van der Waals surface area (Å²) in [6.45, 7) is 6.68. The quantitative estimate of drug-likeness (QED) is 0.738. The number of nitrogens with one attached hydrogen (secondary N) is 1. The summed E-state index contributed by atoms with van der Waals surface area (Å²) < 4.78 is 0. The fourth-order valence-electron chi connectivity index (χ4n) is 3.80. The molecule has 0 saturated carbocycles. The zero-order valence-electron chi connectivity index (χ0n) is 16.6. The standard InChI is InChI=1S/C22H26ClN5O/c1-2-21(22(29)17-3-5-18(23)6-4-17)28-16-27(15-25-28)20-9-7-19(8-10-20)26-13-11-24-12-14-26/h3-10,15,21,24H,2,11-14,16H2,1H3. The Bertz CT molecular complexity index is 862. The van der Waals surface area contributed by atoms with E-state index in [0.29, 0.717) is 23.7 Å². The number of carbonyl (C=O) groups excluding carboxylic acids is 1. The molecule has 1 atom stereocenters. The number of nitrogens with zero attached hydrogens (tertiary/aromatic N) is 4. The maximum absolute atomic E-state index is 12.9. The second-order valence-electron chi connectivity index (χ2n) is 7.33. The van der Waals surface area contributed by atoms with E-state index in [1.54, 1.807) is 30.6 Å². The van der Waals surface area contributed by atoms with Crippen molar-refractivity contribution >= 4 is 35.1 Å². The van der Waals surface area contributed by atoms with Crippen LogP contribution in [0.15, 0.2) is 53.6 Å². The number of Topliss-reactive ketones (excluding diaryl/α,β-unsaturated/α-hetero) is 1. The maximum atomic E-state index is 12.9. The van der Waals surface area contributed by atoms with E-state index >= 15 is 0 Å². The summed E-state index contributed by atoms with van der Waals surface area (Å²) in [5.74, 6) is 0.0669. The number of hydrogen-bond acceptors (Lipinski definition) is 6.